The average molecular weight is 256 g/mol. The summed E-state index contributed by atoms with van der Waals surface area (Å²) in [6, 6.07) is 5.47. The molecule has 3 aromatic rings. The Morgan fingerprint density at radius 2 is 2.21 bits per heavy atom. The number of nitrogens with zero attached hydrogens (tertiary/aromatic N) is 3. The van der Waals surface area contributed by atoms with Crippen molar-refractivity contribution < 1.29 is 8.94 Å². The van der Waals surface area contributed by atoms with Crippen molar-refractivity contribution in [3.63, 3.8) is 0 Å². The van der Waals surface area contributed by atoms with Crippen LogP contribution in [-0.4, -0.2) is 15.1 Å². The van der Waals surface area contributed by atoms with Crippen molar-refractivity contribution in [2.24, 2.45) is 5.73 Å². The second kappa shape index (κ2) is 4.66. The van der Waals surface area contributed by atoms with Gasteiger partial charge in [-0.2, -0.15) is 4.98 Å². The molecule has 3 rings (SSSR count). The van der Waals surface area contributed by atoms with E-state index >= 15 is 0 Å². The van der Waals surface area contributed by atoms with E-state index < -0.39 is 0 Å². The highest BCUT2D eigenvalue weighted by molar-refractivity contribution is 5.58. The molecule has 0 fully saturated rings. The lowest BCUT2D eigenvalue weighted by molar-refractivity contribution is 0.429. The van der Waals surface area contributed by atoms with Crippen LogP contribution in [0.2, 0.25) is 0 Å². The van der Waals surface area contributed by atoms with Gasteiger partial charge in [0, 0.05) is 18.3 Å². The third-order valence-electron chi connectivity index (χ3n) is 2.76. The summed E-state index contributed by atoms with van der Waals surface area (Å²) in [6.45, 7) is 2.29. The summed E-state index contributed by atoms with van der Waals surface area (Å²) in [5.74, 6) is 1.47. The Morgan fingerprint density at radius 3 is 2.95 bits per heavy atom. The predicted octanol–water partition coefficient (Wildman–Crippen LogP) is 2.16. The van der Waals surface area contributed by atoms with Crippen LogP contribution in [0.4, 0.5) is 0 Å². The third kappa shape index (κ3) is 2.13. The SMILES string of the molecule is Cc1ccoc1-c1noc(-c2ccnc(CN)c2)n1. The van der Waals surface area contributed by atoms with E-state index in [1.807, 2.05) is 19.1 Å². The fraction of sp³-hybridized carbons (Fsp3) is 0.154. The lowest BCUT2D eigenvalue weighted by Gasteiger charge is -1.97. The summed E-state index contributed by atoms with van der Waals surface area (Å²) in [5, 5.41) is 3.92. The molecule has 3 heterocycles. The normalized spacial score (nSPS) is 10.8. The van der Waals surface area contributed by atoms with Crippen molar-refractivity contribution in [2.45, 2.75) is 13.5 Å². The highest BCUT2D eigenvalue weighted by atomic mass is 16.5. The Hall–Kier alpha value is -2.47. The lowest BCUT2D eigenvalue weighted by atomic mass is 10.2. The number of pyridine rings is 1. The number of hydrogen-bond acceptors (Lipinski definition) is 6. The van der Waals surface area contributed by atoms with E-state index in [0.717, 1.165) is 16.8 Å². The first kappa shape index (κ1) is 11.6. The van der Waals surface area contributed by atoms with Crippen molar-refractivity contribution >= 4 is 0 Å². The Morgan fingerprint density at radius 1 is 1.32 bits per heavy atom. The average Bonchev–Trinajstić information content (AvgIpc) is 3.07. The van der Waals surface area contributed by atoms with E-state index in [4.69, 9.17) is 14.7 Å². The topological polar surface area (TPSA) is 91.0 Å². The fourth-order valence-electron chi connectivity index (χ4n) is 1.76. The molecule has 0 spiro atoms. The molecule has 0 aliphatic carbocycles. The Kier molecular flexibility index (Phi) is 2.85. The molecule has 0 saturated heterocycles. The summed E-state index contributed by atoms with van der Waals surface area (Å²) < 4.78 is 10.6. The van der Waals surface area contributed by atoms with Gasteiger partial charge in [-0.15, -0.1) is 0 Å². The second-order valence-electron chi connectivity index (χ2n) is 4.10. The molecule has 19 heavy (non-hydrogen) atoms. The molecule has 0 aromatic carbocycles. The van der Waals surface area contributed by atoms with Crippen molar-refractivity contribution in [3.05, 3.63) is 41.9 Å². The van der Waals surface area contributed by atoms with Gasteiger partial charge in [-0.1, -0.05) is 5.16 Å². The van der Waals surface area contributed by atoms with Crippen LogP contribution in [0.25, 0.3) is 23.0 Å². The maximum absolute atomic E-state index is 5.55. The lowest BCUT2D eigenvalue weighted by Crippen LogP contribution is -1.98. The van der Waals surface area contributed by atoms with Crippen LogP contribution in [0.5, 0.6) is 0 Å². The van der Waals surface area contributed by atoms with Crippen LogP contribution in [0.3, 0.4) is 0 Å². The van der Waals surface area contributed by atoms with E-state index in [9.17, 15) is 0 Å². The summed E-state index contributed by atoms with van der Waals surface area (Å²) in [4.78, 5) is 8.44. The minimum absolute atomic E-state index is 0.367. The van der Waals surface area contributed by atoms with Gasteiger partial charge in [0.2, 0.25) is 5.82 Å². The van der Waals surface area contributed by atoms with Gasteiger partial charge in [0.1, 0.15) is 0 Å². The first-order valence-electron chi connectivity index (χ1n) is 5.81. The van der Waals surface area contributed by atoms with Crippen molar-refractivity contribution in [3.8, 4) is 23.0 Å². The quantitative estimate of drug-likeness (QED) is 0.772. The molecular weight excluding hydrogens is 244 g/mol. The van der Waals surface area contributed by atoms with Crippen LogP contribution in [0.15, 0.2) is 39.6 Å². The van der Waals surface area contributed by atoms with Crippen molar-refractivity contribution in [1.29, 1.82) is 0 Å². The summed E-state index contributed by atoms with van der Waals surface area (Å²) in [5.41, 5.74) is 8.08. The molecule has 6 nitrogen and oxygen atoms in total. The molecule has 3 aromatic heterocycles. The van der Waals surface area contributed by atoms with Crippen LogP contribution < -0.4 is 5.73 Å². The van der Waals surface area contributed by atoms with E-state index in [0.29, 0.717) is 24.0 Å². The smallest absolute Gasteiger partial charge is 0.258 e. The Labute approximate surface area is 109 Å². The summed E-state index contributed by atoms with van der Waals surface area (Å²) in [7, 11) is 0. The first-order valence-corrected chi connectivity index (χ1v) is 5.81. The Balaban J connectivity index is 1.99. The number of aryl methyl sites for hydroxylation is 1. The number of nitrogens with two attached hydrogens (primary N) is 1. The van der Waals surface area contributed by atoms with Crippen LogP contribution in [0.1, 0.15) is 11.3 Å². The van der Waals surface area contributed by atoms with E-state index in [1.54, 1.807) is 18.5 Å². The molecule has 0 unspecified atom stereocenters. The van der Waals surface area contributed by atoms with E-state index in [1.165, 1.54) is 0 Å². The number of furan rings is 1. The zero-order valence-corrected chi connectivity index (χ0v) is 10.3. The molecule has 6 heteroatoms. The monoisotopic (exact) mass is 256 g/mol. The van der Waals surface area contributed by atoms with Crippen molar-refractivity contribution in [1.82, 2.24) is 15.1 Å². The molecular formula is C13H12N4O2. The highest BCUT2D eigenvalue weighted by Crippen LogP contribution is 2.25. The van der Waals surface area contributed by atoms with Crippen molar-refractivity contribution in [2.75, 3.05) is 0 Å². The maximum atomic E-state index is 5.55. The number of hydrogen-bond donors (Lipinski definition) is 1. The van der Waals surface area contributed by atoms with Gasteiger partial charge >= 0.3 is 0 Å². The zero-order chi connectivity index (χ0) is 13.2. The van der Waals surface area contributed by atoms with Crippen LogP contribution in [0, 0.1) is 6.92 Å². The Bertz CT molecular complexity index is 702. The minimum Gasteiger partial charge on any atom is -0.461 e. The summed E-state index contributed by atoms with van der Waals surface area (Å²) >= 11 is 0. The third-order valence-corrected chi connectivity index (χ3v) is 2.76. The number of aromatic nitrogens is 3. The summed E-state index contributed by atoms with van der Waals surface area (Å²) in [6.07, 6.45) is 3.26. The van der Waals surface area contributed by atoms with E-state index in [-0.39, 0.29) is 0 Å². The zero-order valence-electron chi connectivity index (χ0n) is 10.3. The predicted molar refractivity (Wildman–Crippen MR) is 67.9 cm³/mol. The molecule has 0 radical (unpaired) electrons. The minimum atomic E-state index is 0.367. The highest BCUT2D eigenvalue weighted by Gasteiger charge is 2.15. The van der Waals surface area contributed by atoms with Gasteiger partial charge in [0.25, 0.3) is 5.89 Å². The standard InChI is InChI=1S/C13H12N4O2/c1-8-3-5-18-11(8)12-16-13(19-17-12)9-2-4-15-10(6-9)7-14/h2-6H,7,14H2,1H3. The second-order valence-corrected chi connectivity index (χ2v) is 4.10. The van der Waals surface area contributed by atoms with Crippen LogP contribution >= 0.6 is 0 Å². The molecule has 0 aliphatic heterocycles. The van der Waals surface area contributed by atoms with E-state index in [2.05, 4.69) is 15.1 Å². The molecule has 96 valence electrons. The first-order chi connectivity index (χ1) is 9.28. The van der Waals surface area contributed by atoms with Gasteiger partial charge in [-0.3, -0.25) is 4.98 Å². The number of rotatable bonds is 3. The van der Waals surface area contributed by atoms with Gasteiger partial charge in [-0.05, 0) is 30.7 Å². The molecule has 0 saturated carbocycles. The largest absolute Gasteiger partial charge is 0.461 e. The maximum Gasteiger partial charge on any atom is 0.258 e. The fourth-order valence-corrected chi connectivity index (χ4v) is 1.76. The molecule has 0 amide bonds. The van der Waals surface area contributed by atoms with Gasteiger partial charge < -0.3 is 14.7 Å². The van der Waals surface area contributed by atoms with Gasteiger partial charge in [-0.25, -0.2) is 0 Å². The molecule has 0 aliphatic rings. The van der Waals surface area contributed by atoms with Crippen LogP contribution in [-0.2, 0) is 6.54 Å². The molecule has 0 bridgehead atoms. The molecule has 2 N–H and O–H groups in total. The molecule has 0 atom stereocenters. The van der Waals surface area contributed by atoms with Gasteiger partial charge in [0.05, 0.1) is 12.0 Å². The van der Waals surface area contributed by atoms with Gasteiger partial charge in [0.15, 0.2) is 5.76 Å².